The summed E-state index contributed by atoms with van der Waals surface area (Å²) in [5.74, 6) is 0.488. The summed E-state index contributed by atoms with van der Waals surface area (Å²) in [6, 6.07) is 0. The van der Waals surface area contributed by atoms with Gasteiger partial charge in [-0.25, -0.2) is 0 Å². The van der Waals surface area contributed by atoms with Crippen molar-refractivity contribution in [3.8, 4) is 0 Å². The molecule has 0 heterocycles. The van der Waals surface area contributed by atoms with Crippen LogP contribution in [0.4, 0.5) is 0 Å². The molecule has 1 rings (SSSR count). The van der Waals surface area contributed by atoms with E-state index in [0.29, 0.717) is 0 Å². The lowest BCUT2D eigenvalue weighted by Crippen LogP contribution is -2.06. The standard InChI is InChI=1S/C8H12O/c1-6-4-3-5-8(6)7(2)9/h8H,1,3-5H2,2H3. The van der Waals surface area contributed by atoms with Crippen LogP contribution in [0.25, 0.3) is 0 Å². The SMILES string of the molecule is C=C1CCCC1C(C)=O. The van der Waals surface area contributed by atoms with Gasteiger partial charge in [0.25, 0.3) is 0 Å². The Balaban J connectivity index is 2.60. The number of carbonyl (C=O) groups is 1. The highest BCUT2D eigenvalue weighted by Crippen LogP contribution is 2.29. The van der Waals surface area contributed by atoms with Crippen molar-refractivity contribution in [3.63, 3.8) is 0 Å². The Morgan fingerprint density at radius 3 is 2.67 bits per heavy atom. The fourth-order valence-corrected chi connectivity index (χ4v) is 1.40. The van der Waals surface area contributed by atoms with Gasteiger partial charge in [0.05, 0.1) is 0 Å². The number of hydrogen-bond donors (Lipinski definition) is 0. The first-order chi connectivity index (χ1) is 4.22. The number of rotatable bonds is 1. The molecule has 0 aromatic rings. The van der Waals surface area contributed by atoms with Crippen molar-refractivity contribution >= 4 is 5.78 Å². The Morgan fingerprint density at radius 1 is 1.78 bits per heavy atom. The van der Waals surface area contributed by atoms with Crippen LogP contribution in [0.2, 0.25) is 0 Å². The third kappa shape index (κ3) is 1.21. The number of ketones is 1. The monoisotopic (exact) mass is 124 g/mol. The van der Waals surface area contributed by atoms with Crippen LogP contribution in [0.15, 0.2) is 12.2 Å². The van der Waals surface area contributed by atoms with Crippen molar-refractivity contribution < 1.29 is 4.79 Å². The van der Waals surface area contributed by atoms with Gasteiger partial charge in [-0.1, -0.05) is 12.2 Å². The normalized spacial score (nSPS) is 26.8. The fourth-order valence-electron chi connectivity index (χ4n) is 1.40. The minimum absolute atomic E-state index is 0.199. The van der Waals surface area contributed by atoms with Crippen LogP contribution in [0.5, 0.6) is 0 Å². The van der Waals surface area contributed by atoms with Crippen LogP contribution in [0, 0.1) is 5.92 Å². The average Bonchev–Trinajstić information content (AvgIpc) is 2.13. The fraction of sp³-hybridized carbons (Fsp3) is 0.625. The van der Waals surface area contributed by atoms with E-state index in [0.717, 1.165) is 24.8 Å². The second-order valence-corrected chi connectivity index (χ2v) is 2.71. The molecule has 0 radical (unpaired) electrons. The van der Waals surface area contributed by atoms with Crippen LogP contribution in [-0.2, 0) is 4.79 Å². The van der Waals surface area contributed by atoms with Crippen LogP contribution < -0.4 is 0 Å². The summed E-state index contributed by atoms with van der Waals surface area (Å²) >= 11 is 0. The predicted molar refractivity (Wildman–Crippen MR) is 37.2 cm³/mol. The van der Waals surface area contributed by atoms with E-state index in [9.17, 15) is 4.79 Å². The van der Waals surface area contributed by atoms with Gasteiger partial charge in [0.15, 0.2) is 0 Å². The first-order valence-electron chi connectivity index (χ1n) is 3.40. The highest BCUT2D eigenvalue weighted by atomic mass is 16.1. The lowest BCUT2D eigenvalue weighted by atomic mass is 10.0. The molecule has 0 saturated heterocycles. The Morgan fingerprint density at radius 2 is 2.44 bits per heavy atom. The first kappa shape index (κ1) is 6.53. The maximum Gasteiger partial charge on any atom is 0.136 e. The van der Waals surface area contributed by atoms with E-state index >= 15 is 0 Å². The number of carbonyl (C=O) groups excluding carboxylic acids is 1. The van der Waals surface area contributed by atoms with E-state index in [4.69, 9.17) is 0 Å². The zero-order chi connectivity index (χ0) is 6.85. The van der Waals surface area contributed by atoms with Gasteiger partial charge in [-0.15, -0.1) is 0 Å². The predicted octanol–water partition coefficient (Wildman–Crippen LogP) is 1.93. The van der Waals surface area contributed by atoms with E-state index in [1.165, 1.54) is 0 Å². The van der Waals surface area contributed by atoms with E-state index in [-0.39, 0.29) is 11.7 Å². The average molecular weight is 124 g/mol. The van der Waals surface area contributed by atoms with Gasteiger partial charge in [-0.3, -0.25) is 4.79 Å². The minimum Gasteiger partial charge on any atom is -0.299 e. The van der Waals surface area contributed by atoms with Gasteiger partial charge in [-0.2, -0.15) is 0 Å². The molecule has 9 heavy (non-hydrogen) atoms. The molecule has 1 saturated carbocycles. The van der Waals surface area contributed by atoms with Crippen molar-refractivity contribution in [2.75, 3.05) is 0 Å². The van der Waals surface area contributed by atoms with Crippen LogP contribution in [0.3, 0.4) is 0 Å². The maximum atomic E-state index is 10.8. The lowest BCUT2D eigenvalue weighted by molar-refractivity contribution is -0.119. The van der Waals surface area contributed by atoms with Crippen LogP contribution in [-0.4, -0.2) is 5.78 Å². The summed E-state index contributed by atoms with van der Waals surface area (Å²) in [6.45, 7) is 5.49. The molecule has 1 heteroatoms. The molecule has 0 aromatic carbocycles. The van der Waals surface area contributed by atoms with Gasteiger partial charge in [0.1, 0.15) is 5.78 Å². The summed E-state index contributed by atoms with van der Waals surface area (Å²) < 4.78 is 0. The first-order valence-corrected chi connectivity index (χ1v) is 3.40. The largest absolute Gasteiger partial charge is 0.299 e. The summed E-state index contributed by atoms with van der Waals surface area (Å²) in [4.78, 5) is 10.8. The van der Waals surface area contributed by atoms with E-state index in [2.05, 4.69) is 6.58 Å². The Hall–Kier alpha value is -0.590. The Bertz CT molecular complexity index is 147. The molecular weight excluding hydrogens is 112 g/mol. The van der Waals surface area contributed by atoms with Crippen molar-refractivity contribution in [2.24, 2.45) is 5.92 Å². The van der Waals surface area contributed by atoms with Gasteiger partial charge in [0.2, 0.25) is 0 Å². The highest BCUT2D eigenvalue weighted by Gasteiger charge is 2.22. The molecule has 1 nitrogen and oxygen atoms in total. The molecule has 1 aliphatic carbocycles. The zero-order valence-corrected chi connectivity index (χ0v) is 5.81. The Kier molecular flexibility index (Phi) is 1.70. The lowest BCUT2D eigenvalue weighted by Gasteiger charge is -2.03. The minimum atomic E-state index is 0.199. The summed E-state index contributed by atoms with van der Waals surface area (Å²) in [7, 11) is 0. The van der Waals surface area contributed by atoms with Crippen LogP contribution in [0.1, 0.15) is 26.2 Å². The van der Waals surface area contributed by atoms with Crippen molar-refractivity contribution in [2.45, 2.75) is 26.2 Å². The Labute approximate surface area is 55.8 Å². The maximum absolute atomic E-state index is 10.8. The van der Waals surface area contributed by atoms with Gasteiger partial charge < -0.3 is 0 Å². The molecule has 0 bridgehead atoms. The third-order valence-corrected chi connectivity index (χ3v) is 1.97. The van der Waals surface area contributed by atoms with Crippen LogP contribution >= 0.6 is 0 Å². The molecule has 50 valence electrons. The zero-order valence-electron chi connectivity index (χ0n) is 5.81. The number of allylic oxidation sites excluding steroid dienone is 1. The van der Waals surface area contributed by atoms with E-state index in [1.54, 1.807) is 6.92 Å². The van der Waals surface area contributed by atoms with Gasteiger partial charge in [-0.05, 0) is 26.2 Å². The molecular formula is C8H12O. The summed E-state index contributed by atoms with van der Waals surface area (Å²) in [6.07, 6.45) is 3.25. The molecule has 1 atom stereocenters. The molecule has 0 N–H and O–H groups in total. The molecule has 0 aromatic heterocycles. The smallest absolute Gasteiger partial charge is 0.136 e. The highest BCUT2D eigenvalue weighted by molar-refractivity contribution is 5.81. The van der Waals surface area contributed by atoms with E-state index < -0.39 is 0 Å². The molecule has 1 fully saturated rings. The summed E-state index contributed by atoms with van der Waals surface area (Å²) in [5.41, 5.74) is 1.14. The quantitative estimate of drug-likeness (QED) is 0.488. The van der Waals surface area contributed by atoms with Gasteiger partial charge >= 0.3 is 0 Å². The van der Waals surface area contributed by atoms with Crippen molar-refractivity contribution in [3.05, 3.63) is 12.2 Å². The molecule has 0 aliphatic heterocycles. The van der Waals surface area contributed by atoms with Crippen molar-refractivity contribution in [1.82, 2.24) is 0 Å². The number of Topliss-reactive ketones (excluding diaryl/α,β-unsaturated/α-hetero) is 1. The molecule has 0 amide bonds. The number of hydrogen-bond acceptors (Lipinski definition) is 1. The molecule has 0 spiro atoms. The molecule has 1 unspecified atom stereocenters. The van der Waals surface area contributed by atoms with Gasteiger partial charge in [0, 0.05) is 5.92 Å². The second kappa shape index (κ2) is 2.34. The topological polar surface area (TPSA) is 17.1 Å². The third-order valence-electron chi connectivity index (χ3n) is 1.97. The second-order valence-electron chi connectivity index (χ2n) is 2.71. The van der Waals surface area contributed by atoms with E-state index in [1.807, 2.05) is 0 Å². The van der Waals surface area contributed by atoms with Crippen molar-refractivity contribution in [1.29, 1.82) is 0 Å². The summed E-state index contributed by atoms with van der Waals surface area (Å²) in [5, 5.41) is 0. The molecule has 1 aliphatic rings.